The van der Waals surface area contributed by atoms with Gasteiger partial charge in [-0.3, -0.25) is 9.79 Å². The van der Waals surface area contributed by atoms with Crippen LogP contribution in [0.3, 0.4) is 0 Å². The first-order chi connectivity index (χ1) is 11.0. The zero-order valence-electron chi connectivity index (χ0n) is 14.3. The summed E-state index contributed by atoms with van der Waals surface area (Å²) in [6.45, 7) is 8.46. The molecule has 1 heterocycles. The van der Waals surface area contributed by atoms with Gasteiger partial charge in [-0.05, 0) is 43.9 Å². The lowest BCUT2D eigenvalue weighted by molar-refractivity contribution is -0.107. The smallest absolute Gasteiger partial charge is 0.213 e. The second-order valence-electron chi connectivity index (χ2n) is 5.75. The van der Waals surface area contributed by atoms with Gasteiger partial charge in [0.15, 0.2) is 0 Å². The minimum Gasteiger partial charge on any atom is -0.318 e. The Balaban J connectivity index is 2.61. The predicted octanol–water partition coefficient (Wildman–Crippen LogP) is 4.85. The highest BCUT2D eigenvalue weighted by Crippen LogP contribution is 2.36. The molecule has 5 heteroatoms. The molecule has 0 spiro atoms. The minimum atomic E-state index is 0.435. The fourth-order valence-electron chi connectivity index (χ4n) is 2.24. The number of benzene rings is 1. The Bertz CT molecular complexity index is 707. The van der Waals surface area contributed by atoms with Gasteiger partial charge in [-0.25, -0.2) is 4.98 Å². The zero-order chi connectivity index (χ0) is 17.0. The summed E-state index contributed by atoms with van der Waals surface area (Å²) < 4.78 is 0. The molecule has 1 aromatic carbocycles. The Morgan fingerprint density at radius 2 is 2.22 bits per heavy atom. The SMILES string of the molecule is CCC(C)C(C)=Nc1cc(N(C)C=O)cc(-c2nccs2)c1C. The lowest BCUT2D eigenvalue weighted by Gasteiger charge is -2.16. The third kappa shape index (κ3) is 3.85. The van der Waals surface area contributed by atoms with Gasteiger partial charge in [0.2, 0.25) is 6.41 Å². The van der Waals surface area contributed by atoms with Crippen molar-refractivity contribution < 1.29 is 4.79 Å². The highest BCUT2D eigenvalue weighted by molar-refractivity contribution is 7.13. The van der Waals surface area contributed by atoms with Crippen LogP contribution in [-0.2, 0) is 4.79 Å². The van der Waals surface area contributed by atoms with Crippen LogP contribution in [0.1, 0.15) is 32.8 Å². The third-order valence-electron chi connectivity index (χ3n) is 4.22. The number of rotatable bonds is 6. The van der Waals surface area contributed by atoms with E-state index in [4.69, 9.17) is 4.99 Å². The Hall–Kier alpha value is -2.01. The number of amides is 1. The molecule has 0 radical (unpaired) electrons. The highest BCUT2D eigenvalue weighted by Gasteiger charge is 2.14. The van der Waals surface area contributed by atoms with Gasteiger partial charge >= 0.3 is 0 Å². The molecule has 0 saturated carbocycles. The van der Waals surface area contributed by atoms with Crippen molar-refractivity contribution in [1.82, 2.24) is 4.98 Å². The van der Waals surface area contributed by atoms with E-state index in [2.05, 4.69) is 32.7 Å². The normalized spacial score (nSPS) is 13.0. The summed E-state index contributed by atoms with van der Waals surface area (Å²) >= 11 is 1.59. The standard InChI is InChI=1S/C18H23N3OS/c1-6-12(2)14(4)20-17-10-15(21(5)11-22)9-16(13(17)3)18-19-7-8-23-18/h7-12H,6H2,1-5H3. The summed E-state index contributed by atoms with van der Waals surface area (Å²) in [5, 5.41) is 2.90. The molecule has 1 amide bonds. The van der Waals surface area contributed by atoms with Gasteiger partial charge in [0.1, 0.15) is 5.01 Å². The number of aromatic nitrogens is 1. The molecule has 0 aliphatic heterocycles. The molecule has 1 aromatic heterocycles. The molecule has 0 aliphatic carbocycles. The van der Waals surface area contributed by atoms with Crippen molar-refractivity contribution in [2.75, 3.05) is 11.9 Å². The Morgan fingerprint density at radius 1 is 1.48 bits per heavy atom. The number of hydrogen-bond acceptors (Lipinski definition) is 4. The number of thiazole rings is 1. The average molecular weight is 329 g/mol. The topological polar surface area (TPSA) is 45.6 Å². The average Bonchev–Trinajstić information content (AvgIpc) is 3.09. The summed E-state index contributed by atoms with van der Waals surface area (Å²) in [5.74, 6) is 0.435. The Kier molecular flexibility index (Phi) is 5.66. The molecule has 1 atom stereocenters. The lowest BCUT2D eigenvalue weighted by Crippen LogP contribution is -2.14. The van der Waals surface area contributed by atoms with Crippen molar-refractivity contribution in [2.45, 2.75) is 34.1 Å². The highest BCUT2D eigenvalue weighted by atomic mass is 32.1. The van der Waals surface area contributed by atoms with Gasteiger partial charge < -0.3 is 4.90 Å². The first-order valence-corrected chi connectivity index (χ1v) is 8.63. The van der Waals surface area contributed by atoms with Crippen LogP contribution in [0, 0.1) is 12.8 Å². The van der Waals surface area contributed by atoms with Gasteiger partial charge in [-0.1, -0.05) is 13.8 Å². The number of aliphatic imine (C=N–C) groups is 1. The third-order valence-corrected chi connectivity index (χ3v) is 5.02. The monoisotopic (exact) mass is 329 g/mol. The second-order valence-corrected chi connectivity index (χ2v) is 6.65. The summed E-state index contributed by atoms with van der Waals surface area (Å²) in [7, 11) is 1.75. The summed E-state index contributed by atoms with van der Waals surface area (Å²) in [6.07, 6.45) is 3.66. The van der Waals surface area contributed by atoms with Crippen molar-refractivity contribution in [1.29, 1.82) is 0 Å². The van der Waals surface area contributed by atoms with Crippen LogP contribution >= 0.6 is 11.3 Å². The van der Waals surface area contributed by atoms with E-state index >= 15 is 0 Å². The first kappa shape index (κ1) is 17.3. The van der Waals surface area contributed by atoms with Gasteiger partial charge in [0, 0.05) is 35.6 Å². The van der Waals surface area contributed by atoms with E-state index in [0.717, 1.165) is 46.1 Å². The van der Waals surface area contributed by atoms with Crippen LogP contribution in [0.25, 0.3) is 10.6 Å². The van der Waals surface area contributed by atoms with Crippen LogP contribution in [0.5, 0.6) is 0 Å². The van der Waals surface area contributed by atoms with Crippen molar-refractivity contribution in [3.05, 3.63) is 29.3 Å². The Labute approximate surface area is 141 Å². The van der Waals surface area contributed by atoms with E-state index in [-0.39, 0.29) is 0 Å². The maximum atomic E-state index is 11.2. The molecule has 4 nitrogen and oxygen atoms in total. The fourth-order valence-corrected chi connectivity index (χ4v) is 2.95. The number of anilines is 1. The quantitative estimate of drug-likeness (QED) is 0.562. The van der Waals surface area contributed by atoms with E-state index < -0.39 is 0 Å². The maximum Gasteiger partial charge on any atom is 0.213 e. The van der Waals surface area contributed by atoms with Crippen LogP contribution in [-0.4, -0.2) is 24.2 Å². The van der Waals surface area contributed by atoms with Crippen LogP contribution in [0.15, 0.2) is 28.7 Å². The largest absolute Gasteiger partial charge is 0.318 e. The molecular weight excluding hydrogens is 306 g/mol. The van der Waals surface area contributed by atoms with Gasteiger partial charge in [-0.15, -0.1) is 11.3 Å². The first-order valence-electron chi connectivity index (χ1n) is 7.75. The number of carbonyl (C=O) groups is 1. The molecule has 0 saturated heterocycles. The van der Waals surface area contributed by atoms with Crippen molar-refractivity contribution in [3.63, 3.8) is 0 Å². The van der Waals surface area contributed by atoms with E-state index in [1.165, 1.54) is 0 Å². The summed E-state index contributed by atoms with van der Waals surface area (Å²) in [5.41, 5.74) is 4.95. The van der Waals surface area contributed by atoms with Gasteiger partial charge in [-0.2, -0.15) is 0 Å². The van der Waals surface area contributed by atoms with Crippen LogP contribution in [0.4, 0.5) is 11.4 Å². The fraction of sp³-hybridized carbons (Fsp3) is 0.389. The van der Waals surface area contributed by atoms with E-state index in [0.29, 0.717) is 5.92 Å². The molecule has 23 heavy (non-hydrogen) atoms. The van der Waals surface area contributed by atoms with E-state index in [1.54, 1.807) is 29.5 Å². The van der Waals surface area contributed by atoms with Gasteiger partial charge in [0.25, 0.3) is 0 Å². The molecule has 2 rings (SSSR count). The molecule has 0 N–H and O–H groups in total. The van der Waals surface area contributed by atoms with E-state index in [9.17, 15) is 4.79 Å². The number of carbonyl (C=O) groups excluding carboxylic acids is 1. The number of hydrogen-bond donors (Lipinski definition) is 0. The zero-order valence-corrected chi connectivity index (χ0v) is 15.1. The molecule has 1 unspecified atom stereocenters. The summed E-state index contributed by atoms with van der Waals surface area (Å²) in [6, 6.07) is 3.97. The molecule has 122 valence electrons. The predicted molar refractivity (Wildman–Crippen MR) is 99.0 cm³/mol. The van der Waals surface area contributed by atoms with Gasteiger partial charge in [0.05, 0.1) is 5.69 Å². The molecule has 2 aromatic rings. The van der Waals surface area contributed by atoms with E-state index in [1.807, 2.05) is 17.5 Å². The van der Waals surface area contributed by atoms with Crippen molar-refractivity contribution >= 4 is 34.8 Å². The number of nitrogens with zero attached hydrogens (tertiary/aromatic N) is 3. The van der Waals surface area contributed by atoms with Crippen LogP contribution in [0.2, 0.25) is 0 Å². The molecule has 0 aliphatic rings. The minimum absolute atomic E-state index is 0.435. The molecule has 0 fully saturated rings. The van der Waals surface area contributed by atoms with Crippen molar-refractivity contribution in [2.24, 2.45) is 10.9 Å². The lowest BCUT2D eigenvalue weighted by atomic mass is 10.0. The van der Waals surface area contributed by atoms with Crippen LogP contribution < -0.4 is 4.90 Å². The second kappa shape index (κ2) is 7.51. The summed E-state index contributed by atoms with van der Waals surface area (Å²) in [4.78, 5) is 22.0. The maximum absolute atomic E-state index is 11.2. The Morgan fingerprint density at radius 3 is 2.78 bits per heavy atom. The molecule has 0 bridgehead atoms. The van der Waals surface area contributed by atoms with Crippen molar-refractivity contribution in [3.8, 4) is 10.6 Å². The molecular formula is C18H23N3OS.